The molecule has 1 aromatic carbocycles. The van der Waals surface area contributed by atoms with Crippen molar-refractivity contribution in [2.24, 2.45) is 0 Å². The number of anilines is 2. The fourth-order valence-corrected chi connectivity index (χ4v) is 1.66. The van der Waals surface area contributed by atoms with Gasteiger partial charge in [-0.2, -0.15) is 0 Å². The first-order chi connectivity index (χ1) is 8.52. The smallest absolute Gasteiger partial charge is 0.265 e. The van der Waals surface area contributed by atoms with E-state index in [1.165, 1.54) is 4.90 Å². The van der Waals surface area contributed by atoms with Crippen LogP contribution in [0.15, 0.2) is 18.2 Å². The molecule has 1 aliphatic heterocycles. The number of hydrogen-bond donors (Lipinski definition) is 2. The Bertz CT molecular complexity index is 501. The summed E-state index contributed by atoms with van der Waals surface area (Å²) in [6.45, 7) is 1.10. The van der Waals surface area contributed by atoms with Crippen LogP contribution >= 0.6 is 0 Å². The summed E-state index contributed by atoms with van der Waals surface area (Å²) in [6, 6.07) is 5.00. The van der Waals surface area contributed by atoms with E-state index in [1.807, 2.05) is 0 Å². The van der Waals surface area contributed by atoms with Crippen LogP contribution in [0.4, 0.5) is 11.4 Å². The van der Waals surface area contributed by atoms with Gasteiger partial charge in [0, 0.05) is 12.7 Å². The molecule has 18 heavy (non-hydrogen) atoms. The molecule has 0 fully saturated rings. The zero-order valence-electron chi connectivity index (χ0n) is 10.1. The molecule has 1 unspecified atom stereocenters. The minimum absolute atomic E-state index is 0.226. The number of benzene rings is 1. The molecule has 1 aromatic rings. The number of hydrogen-bond acceptors (Lipinski definition) is 4. The number of fused-ring (bicyclic) bond motifs is 1. The Labute approximate surface area is 104 Å². The Morgan fingerprint density at radius 3 is 2.94 bits per heavy atom. The first kappa shape index (κ1) is 12.4. The summed E-state index contributed by atoms with van der Waals surface area (Å²) in [5.41, 5.74) is 1.10. The summed E-state index contributed by atoms with van der Waals surface area (Å²) < 4.78 is 5.40. The molecule has 1 aliphatic rings. The number of ether oxygens (including phenoxy) is 1. The molecule has 2 rings (SSSR count). The summed E-state index contributed by atoms with van der Waals surface area (Å²) in [7, 11) is 1.55. The number of rotatable bonds is 2. The summed E-state index contributed by atoms with van der Waals surface area (Å²) in [4.78, 5) is 24.1. The van der Waals surface area contributed by atoms with Crippen LogP contribution in [-0.2, 0) is 9.59 Å². The molecular weight excluding hydrogens is 236 g/mol. The normalized spacial score (nSPS) is 17.5. The molecule has 0 aromatic heterocycles. The summed E-state index contributed by atoms with van der Waals surface area (Å²) >= 11 is 0. The van der Waals surface area contributed by atoms with E-state index in [0.29, 0.717) is 17.1 Å². The zero-order valence-corrected chi connectivity index (χ0v) is 10.1. The van der Waals surface area contributed by atoms with Crippen LogP contribution in [0.1, 0.15) is 6.92 Å². The Balaban J connectivity index is 2.30. The Morgan fingerprint density at radius 2 is 2.28 bits per heavy atom. The van der Waals surface area contributed by atoms with Crippen molar-refractivity contribution < 1.29 is 19.4 Å². The second-order valence-corrected chi connectivity index (χ2v) is 4.04. The van der Waals surface area contributed by atoms with Gasteiger partial charge in [0.2, 0.25) is 0 Å². The standard InChI is InChI=1S/C12H14N2O4/c1-7-12(17)13-9-5-8(3-4-10(9)18-7)14(2)11(16)6-15/h3-5,7,15H,6H2,1-2H3,(H,13,17). The van der Waals surface area contributed by atoms with E-state index in [-0.39, 0.29) is 5.91 Å². The van der Waals surface area contributed by atoms with E-state index >= 15 is 0 Å². The lowest BCUT2D eigenvalue weighted by Gasteiger charge is -2.25. The third-order valence-corrected chi connectivity index (χ3v) is 2.79. The molecule has 0 bridgehead atoms. The van der Waals surface area contributed by atoms with Gasteiger partial charge < -0.3 is 20.1 Å². The highest BCUT2D eigenvalue weighted by Gasteiger charge is 2.24. The van der Waals surface area contributed by atoms with Crippen LogP contribution in [-0.4, -0.2) is 36.7 Å². The Morgan fingerprint density at radius 1 is 1.56 bits per heavy atom. The Kier molecular flexibility index (Phi) is 3.20. The van der Waals surface area contributed by atoms with E-state index in [1.54, 1.807) is 32.2 Å². The number of amides is 2. The van der Waals surface area contributed by atoms with Crippen LogP contribution in [0.25, 0.3) is 0 Å². The fourth-order valence-electron chi connectivity index (χ4n) is 1.66. The van der Waals surface area contributed by atoms with Gasteiger partial charge in [0.25, 0.3) is 11.8 Å². The minimum atomic E-state index is -0.562. The van der Waals surface area contributed by atoms with E-state index in [9.17, 15) is 9.59 Å². The molecular formula is C12H14N2O4. The average Bonchev–Trinajstić information content (AvgIpc) is 2.37. The van der Waals surface area contributed by atoms with Crippen molar-refractivity contribution in [3.63, 3.8) is 0 Å². The van der Waals surface area contributed by atoms with Crippen LogP contribution in [0.2, 0.25) is 0 Å². The topological polar surface area (TPSA) is 78.9 Å². The van der Waals surface area contributed by atoms with Crippen LogP contribution in [0, 0.1) is 0 Å². The summed E-state index contributed by atoms with van der Waals surface area (Å²) in [5.74, 6) is -0.0853. The van der Waals surface area contributed by atoms with Crippen LogP contribution < -0.4 is 15.0 Å². The van der Waals surface area contributed by atoms with Crippen molar-refractivity contribution in [2.45, 2.75) is 13.0 Å². The van der Waals surface area contributed by atoms with Crippen molar-refractivity contribution in [2.75, 3.05) is 23.9 Å². The molecule has 1 heterocycles. The van der Waals surface area contributed by atoms with Crippen molar-refractivity contribution >= 4 is 23.2 Å². The lowest BCUT2D eigenvalue weighted by Crippen LogP contribution is -2.34. The number of aliphatic hydroxyl groups is 1. The number of carbonyl (C=O) groups excluding carboxylic acids is 2. The number of aliphatic hydroxyl groups excluding tert-OH is 1. The number of carbonyl (C=O) groups is 2. The molecule has 0 radical (unpaired) electrons. The molecule has 0 aliphatic carbocycles. The van der Waals surface area contributed by atoms with Gasteiger partial charge in [-0.1, -0.05) is 0 Å². The van der Waals surface area contributed by atoms with Crippen LogP contribution in [0.3, 0.4) is 0 Å². The molecule has 96 valence electrons. The highest BCUT2D eigenvalue weighted by atomic mass is 16.5. The largest absolute Gasteiger partial charge is 0.479 e. The number of likely N-dealkylation sites (N-methyl/N-ethyl adjacent to an activating group) is 1. The third-order valence-electron chi connectivity index (χ3n) is 2.79. The van der Waals surface area contributed by atoms with E-state index in [4.69, 9.17) is 9.84 Å². The second-order valence-electron chi connectivity index (χ2n) is 4.04. The quantitative estimate of drug-likeness (QED) is 0.794. The minimum Gasteiger partial charge on any atom is -0.479 e. The van der Waals surface area contributed by atoms with Gasteiger partial charge >= 0.3 is 0 Å². The maximum atomic E-state index is 11.5. The maximum absolute atomic E-state index is 11.5. The lowest BCUT2D eigenvalue weighted by atomic mass is 10.2. The molecule has 6 heteroatoms. The predicted octanol–water partition coefficient (Wildman–Crippen LogP) is 0.361. The molecule has 0 saturated carbocycles. The van der Waals surface area contributed by atoms with Crippen molar-refractivity contribution in [3.8, 4) is 5.75 Å². The summed E-state index contributed by atoms with van der Waals surface area (Å²) in [5, 5.41) is 11.5. The van der Waals surface area contributed by atoms with Crippen molar-refractivity contribution in [1.82, 2.24) is 0 Å². The third kappa shape index (κ3) is 2.14. The second kappa shape index (κ2) is 4.66. The van der Waals surface area contributed by atoms with Gasteiger partial charge in [-0.15, -0.1) is 0 Å². The summed E-state index contributed by atoms with van der Waals surface area (Å²) in [6.07, 6.45) is -0.528. The van der Waals surface area contributed by atoms with E-state index < -0.39 is 18.6 Å². The first-order valence-electron chi connectivity index (χ1n) is 5.52. The highest BCUT2D eigenvalue weighted by Crippen LogP contribution is 2.33. The van der Waals surface area contributed by atoms with Gasteiger partial charge in [-0.05, 0) is 25.1 Å². The number of nitrogens with one attached hydrogen (secondary N) is 1. The first-order valence-corrected chi connectivity index (χ1v) is 5.52. The van der Waals surface area contributed by atoms with Gasteiger partial charge in [0.15, 0.2) is 6.10 Å². The zero-order chi connectivity index (χ0) is 13.3. The van der Waals surface area contributed by atoms with Gasteiger partial charge in [0.05, 0.1) is 5.69 Å². The Hall–Kier alpha value is -2.08. The molecule has 6 nitrogen and oxygen atoms in total. The average molecular weight is 250 g/mol. The van der Waals surface area contributed by atoms with E-state index in [0.717, 1.165) is 0 Å². The molecule has 0 spiro atoms. The number of nitrogens with zero attached hydrogens (tertiary/aromatic N) is 1. The predicted molar refractivity (Wildman–Crippen MR) is 65.7 cm³/mol. The molecule has 1 atom stereocenters. The van der Waals surface area contributed by atoms with Gasteiger partial charge in [-0.3, -0.25) is 9.59 Å². The SMILES string of the molecule is CC1Oc2ccc(N(C)C(=O)CO)cc2NC1=O. The maximum Gasteiger partial charge on any atom is 0.265 e. The molecule has 0 saturated heterocycles. The van der Waals surface area contributed by atoms with Crippen molar-refractivity contribution in [1.29, 1.82) is 0 Å². The van der Waals surface area contributed by atoms with Gasteiger partial charge in [-0.25, -0.2) is 0 Å². The highest BCUT2D eigenvalue weighted by molar-refractivity contribution is 5.99. The van der Waals surface area contributed by atoms with E-state index in [2.05, 4.69) is 5.32 Å². The molecule has 2 amide bonds. The lowest BCUT2D eigenvalue weighted by molar-refractivity contribution is -0.122. The fraction of sp³-hybridized carbons (Fsp3) is 0.333. The molecule has 2 N–H and O–H groups in total. The van der Waals surface area contributed by atoms with Gasteiger partial charge in [0.1, 0.15) is 12.4 Å². The van der Waals surface area contributed by atoms with Crippen molar-refractivity contribution in [3.05, 3.63) is 18.2 Å². The monoisotopic (exact) mass is 250 g/mol. The van der Waals surface area contributed by atoms with Crippen LogP contribution in [0.5, 0.6) is 5.75 Å².